The zero-order valence-electron chi connectivity index (χ0n) is 9.93. The Kier molecular flexibility index (Phi) is 3.30. The molecule has 1 aromatic heterocycles. The lowest BCUT2D eigenvalue weighted by atomic mass is 10.2. The van der Waals surface area contributed by atoms with Crippen LogP contribution < -0.4 is 0 Å². The number of carbonyl (C=O) groups is 1. The predicted molar refractivity (Wildman–Crippen MR) is 71.1 cm³/mol. The van der Waals surface area contributed by atoms with Gasteiger partial charge in [-0.3, -0.25) is 0 Å². The normalized spacial score (nSPS) is 19.2. The number of ether oxygens (including phenoxy) is 2. The van der Waals surface area contributed by atoms with Crippen LogP contribution in [-0.2, 0) is 9.47 Å². The summed E-state index contributed by atoms with van der Waals surface area (Å²) in [5, 5.41) is 1.09. The van der Waals surface area contributed by atoms with Gasteiger partial charge in [0.1, 0.15) is 11.5 Å². The first-order valence-corrected chi connectivity index (χ1v) is 6.92. The Labute approximate surface area is 109 Å². The summed E-state index contributed by atoms with van der Waals surface area (Å²) in [4.78, 5) is 12.6. The summed E-state index contributed by atoms with van der Waals surface area (Å²) >= 11 is 1.47. The van der Waals surface area contributed by atoms with Crippen LogP contribution in [0.3, 0.4) is 0 Å². The van der Waals surface area contributed by atoms with Crippen molar-refractivity contribution < 1.29 is 14.3 Å². The summed E-state index contributed by atoms with van der Waals surface area (Å²) in [5.74, 6) is -0.244. The molecular weight excluding hydrogens is 248 g/mol. The summed E-state index contributed by atoms with van der Waals surface area (Å²) in [5.41, 5.74) is 0. The third-order valence-corrected chi connectivity index (χ3v) is 4.15. The average Bonchev–Trinajstić information content (AvgIpc) is 3.04. The fourth-order valence-corrected chi connectivity index (χ4v) is 3.05. The van der Waals surface area contributed by atoms with E-state index in [1.165, 1.54) is 11.3 Å². The van der Waals surface area contributed by atoms with Crippen LogP contribution >= 0.6 is 11.3 Å². The Morgan fingerprint density at radius 2 is 2.33 bits per heavy atom. The molecule has 0 spiro atoms. The van der Waals surface area contributed by atoms with Gasteiger partial charge in [-0.05, 0) is 30.4 Å². The molecule has 0 amide bonds. The van der Waals surface area contributed by atoms with Crippen LogP contribution in [0, 0.1) is 0 Å². The second kappa shape index (κ2) is 5.08. The Balaban J connectivity index is 1.67. The lowest BCUT2D eigenvalue weighted by molar-refractivity contribution is 0.0165. The molecule has 94 valence electrons. The molecule has 1 fully saturated rings. The fourth-order valence-electron chi connectivity index (χ4n) is 2.10. The van der Waals surface area contributed by atoms with E-state index in [-0.39, 0.29) is 12.1 Å². The molecule has 0 N–H and O–H groups in total. The Morgan fingerprint density at radius 1 is 1.44 bits per heavy atom. The highest BCUT2D eigenvalue weighted by Gasteiger charge is 2.19. The number of hydrogen-bond donors (Lipinski definition) is 0. The third-order valence-electron chi connectivity index (χ3n) is 3.05. The molecule has 1 atom stereocenters. The molecule has 1 saturated heterocycles. The van der Waals surface area contributed by atoms with Gasteiger partial charge in [0.25, 0.3) is 0 Å². The first kappa shape index (κ1) is 11.7. The highest BCUT2D eigenvalue weighted by Crippen LogP contribution is 2.26. The van der Waals surface area contributed by atoms with E-state index in [0.717, 1.165) is 29.5 Å². The molecule has 0 aliphatic carbocycles. The van der Waals surface area contributed by atoms with E-state index in [9.17, 15) is 4.79 Å². The quantitative estimate of drug-likeness (QED) is 0.797. The van der Waals surface area contributed by atoms with Crippen LogP contribution in [0.15, 0.2) is 30.3 Å². The molecule has 0 radical (unpaired) electrons. The van der Waals surface area contributed by atoms with Crippen LogP contribution in [0.2, 0.25) is 0 Å². The summed E-state index contributed by atoms with van der Waals surface area (Å²) in [6.07, 6.45) is 2.13. The molecule has 1 aromatic carbocycles. The van der Waals surface area contributed by atoms with Gasteiger partial charge < -0.3 is 9.47 Å². The van der Waals surface area contributed by atoms with Crippen molar-refractivity contribution in [2.75, 3.05) is 13.2 Å². The maximum atomic E-state index is 11.9. The average molecular weight is 262 g/mol. The molecule has 2 heterocycles. The maximum Gasteiger partial charge on any atom is 0.348 e. The molecule has 0 bridgehead atoms. The molecule has 18 heavy (non-hydrogen) atoms. The van der Waals surface area contributed by atoms with Crippen LogP contribution in [0.1, 0.15) is 22.5 Å². The summed E-state index contributed by atoms with van der Waals surface area (Å²) in [6.45, 7) is 1.15. The minimum absolute atomic E-state index is 0.0864. The van der Waals surface area contributed by atoms with Gasteiger partial charge in [0.15, 0.2) is 0 Å². The topological polar surface area (TPSA) is 35.5 Å². The largest absolute Gasteiger partial charge is 0.459 e. The smallest absolute Gasteiger partial charge is 0.348 e. The van der Waals surface area contributed by atoms with Gasteiger partial charge in [-0.15, -0.1) is 11.3 Å². The SMILES string of the molecule is O=C(OCC1CCCO1)c1cc2ccccc2s1. The van der Waals surface area contributed by atoms with Gasteiger partial charge in [-0.25, -0.2) is 4.79 Å². The van der Waals surface area contributed by atoms with Crippen molar-refractivity contribution in [2.45, 2.75) is 18.9 Å². The van der Waals surface area contributed by atoms with Crippen molar-refractivity contribution in [3.63, 3.8) is 0 Å². The summed E-state index contributed by atoms with van der Waals surface area (Å²) in [6, 6.07) is 9.84. The fraction of sp³-hybridized carbons (Fsp3) is 0.357. The first-order chi connectivity index (χ1) is 8.83. The Bertz CT molecular complexity index is 522. The van der Waals surface area contributed by atoms with Gasteiger partial charge >= 0.3 is 5.97 Å². The molecule has 0 saturated carbocycles. The molecule has 1 aliphatic rings. The lowest BCUT2D eigenvalue weighted by Gasteiger charge is -2.08. The Morgan fingerprint density at radius 3 is 3.11 bits per heavy atom. The van der Waals surface area contributed by atoms with E-state index < -0.39 is 0 Å². The van der Waals surface area contributed by atoms with E-state index in [2.05, 4.69) is 0 Å². The van der Waals surface area contributed by atoms with Gasteiger partial charge in [0.05, 0.1) is 6.10 Å². The molecule has 1 aliphatic heterocycles. The molecule has 1 unspecified atom stereocenters. The Hall–Kier alpha value is -1.39. The van der Waals surface area contributed by atoms with Gasteiger partial charge in [-0.2, -0.15) is 0 Å². The molecule has 3 nitrogen and oxygen atoms in total. The second-order valence-corrected chi connectivity index (χ2v) is 5.47. The van der Waals surface area contributed by atoms with Gasteiger partial charge in [0.2, 0.25) is 0 Å². The monoisotopic (exact) mass is 262 g/mol. The van der Waals surface area contributed by atoms with Crippen molar-refractivity contribution in [3.8, 4) is 0 Å². The van der Waals surface area contributed by atoms with E-state index in [1.807, 2.05) is 30.3 Å². The highest BCUT2D eigenvalue weighted by atomic mass is 32.1. The van der Waals surface area contributed by atoms with Crippen LogP contribution in [-0.4, -0.2) is 25.3 Å². The van der Waals surface area contributed by atoms with Crippen LogP contribution in [0.5, 0.6) is 0 Å². The van der Waals surface area contributed by atoms with Crippen molar-refractivity contribution >= 4 is 27.4 Å². The van der Waals surface area contributed by atoms with Crippen LogP contribution in [0.4, 0.5) is 0 Å². The lowest BCUT2D eigenvalue weighted by Crippen LogP contribution is -2.17. The number of thiophene rings is 1. The third kappa shape index (κ3) is 2.40. The number of rotatable bonds is 3. The van der Waals surface area contributed by atoms with Crippen molar-refractivity contribution in [2.24, 2.45) is 0 Å². The number of hydrogen-bond acceptors (Lipinski definition) is 4. The van der Waals surface area contributed by atoms with E-state index in [1.54, 1.807) is 0 Å². The van der Waals surface area contributed by atoms with Crippen molar-refractivity contribution in [3.05, 3.63) is 35.2 Å². The van der Waals surface area contributed by atoms with Crippen molar-refractivity contribution in [1.29, 1.82) is 0 Å². The predicted octanol–water partition coefficient (Wildman–Crippen LogP) is 3.24. The highest BCUT2D eigenvalue weighted by molar-refractivity contribution is 7.20. The summed E-state index contributed by atoms with van der Waals surface area (Å²) < 4.78 is 11.8. The molecule has 3 rings (SSSR count). The molecule has 4 heteroatoms. The number of carbonyl (C=O) groups excluding carboxylic acids is 1. The molecular formula is C14H14O3S. The number of esters is 1. The maximum absolute atomic E-state index is 11.9. The van der Waals surface area contributed by atoms with Gasteiger partial charge in [-0.1, -0.05) is 18.2 Å². The van der Waals surface area contributed by atoms with Gasteiger partial charge in [0, 0.05) is 11.3 Å². The zero-order valence-corrected chi connectivity index (χ0v) is 10.7. The zero-order chi connectivity index (χ0) is 12.4. The minimum Gasteiger partial charge on any atom is -0.459 e. The second-order valence-electron chi connectivity index (χ2n) is 4.38. The molecule has 2 aromatic rings. The van der Waals surface area contributed by atoms with E-state index >= 15 is 0 Å². The first-order valence-electron chi connectivity index (χ1n) is 6.10. The number of fused-ring (bicyclic) bond motifs is 1. The minimum atomic E-state index is -0.244. The van der Waals surface area contributed by atoms with Crippen LogP contribution in [0.25, 0.3) is 10.1 Å². The summed E-state index contributed by atoms with van der Waals surface area (Å²) in [7, 11) is 0. The van der Waals surface area contributed by atoms with E-state index in [4.69, 9.17) is 9.47 Å². The van der Waals surface area contributed by atoms with Crippen molar-refractivity contribution in [1.82, 2.24) is 0 Å². The van der Waals surface area contributed by atoms with E-state index in [0.29, 0.717) is 11.5 Å². The number of benzene rings is 1. The standard InChI is InChI=1S/C14H14O3S/c15-14(17-9-11-5-3-7-16-11)13-8-10-4-1-2-6-12(10)18-13/h1-2,4,6,8,11H,3,5,7,9H2.